The number of anilines is 1. The van der Waals surface area contributed by atoms with Crippen molar-refractivity contribution in [1.29, 1.82) is 0 Å². The summed E-state index contributed by atoms with van der Waals surface area (Å²) < 4.78 is 0. The van der Waals surface area contributed by atoms with Gasteiger partial charge in [-0.15, -0.1) is 0 Å². The van der Waals surface area contributed by atoms with Crippen LogP contribution in [0.2, 0.25) is 0 Å². The van der Waals surface area contributed by atoms with Crippen molar-refractivity contribution in [2.45, 2.75) is 32.6 Å². The Morgan fingerprint density at radius 3 is 2.61 bits per heavy atom. The zero-order valence-corrected chi connectivity index (χ0v) is 11.2. The smallest absolute Gasteiger partial charge is 0.228 e. The summed E-state index contributed by atoms with van der Waals surface area (Å²) in [6.07, 6.45) is 2.08. The van der Waals surface area contributed by atoms with Gasteiger partial charge in [0.05, 0.1) is 5.92 Å². The van der Waals surface area contributed by atoms with Crippen molar-refractivity contribution in [2.24, 2.45) is 5.92 Å². The maximum Gasteiger partial charge on any atom is 0.228 e. The average molecular weight is 246 g/mol. The Morgan fingerprint density at radius 1 is 1.33 bits per heavy atom. The van der Waals surface area contributed by atoms with Gasteiger partial charge < -0.3 is 10.6 Å². The van der Waals surface area contributed by atoms with Crippen LogP contribution in [0, 0.1) is 5.92 Å². The molecule has 1 aromatic rings. The topological polar surface area (TPSA) is 41.1 Å². The van der Waals surface area contributed by atoms with E-state index in [1.807, 2.05) is 12.1 Å². The monoisotopic (exact) mass is 246 g/mol. The van der Waals surface area contributed by atoms with Crippen LogP contribution < -0.4 is 10.6 Å². The van der Waals surface area contributed by atoms with Crippen LogP contribution in [-0.2, 0) is 4.79 Å². The van der Waals surface area contributed by atoms with Crippen molar-refractivity contribution in [2.75, 3.05) is 18.4 Å². The molecule has 0 aromatic heterocycles. The summed E-state index contributed by atoms with van der Waals surface area (Å²) in [5.41, 5.74) is 2.20. The second kappa shape index (κ2) is 6.01. The number of carbonyl (C=O) groups excluding carboxylic acids is 1. The highest BCUT2D eigenvalue weighted by atomic mass is 16.1. The van der Waals surface area contributed by atoms with Gasteiger partial charge in [-0.2, -0.15) is 0 Å². The van der Waals surface area contributed by atoms with Gasteiger partial charge in [-0.1, -0.05) is 26.0 Å². The summed E-state index contributed by atoms with van der Waals surface area (Å²) in [7, 11) is 0. The van der Waals surface area contributed by atoms with Crippen LogP contribution >= 0.6 is 0 Å². The predicted octanol–water partition coefficient (Wildman–Crippen LogP) is 2.75. The zero-order chi connectivity index (χ0) is 13.0. The number of piperidine rings is 1. The van der Waals surface area contributed by atoms with Gasteiger partial charge in [-0.3, -0.25) is 4.79 Å². The van der Waals surface area contributed by atoms with Gasteiger partial charge in [0.25, 0.3) is 0 Å². The Bertz CT molecular complexity index is 391. The first kappa shape index (κ1) is 13.1. The first-order valence-electron chi connectivity index (χ1n) is 6.78. The molecule has 3 heteroatoms. The second-order valence-corrected chi connectivity index (χ2v) is 5.31. The minimum absolute atomic E-state index is 0.114. The number of amides is 1. The number of benzene rings is 1. The van der Waals surface area contributed by atoms with E-state index in [0.717, 1.165) is 31.6 Å². The molecule has 0 radical (unpaired) electrons. The molecule has 0 spiro atoms. The zero-order valence-electron chi connectivity index (χ0n) is 11.2. The normalized spacial score (nSPS) is 19.8. The average Bonchev–Trinajstić information content (AvgIpc) is 2.40. The molecule has 98 valence electrons. The molecule has 1 aliphatic rings. The van der Waals surface area contributed by atoms with Crippen LogP contribution in [-0.4, -0.2) is 19.0 Å². The predicted molar refractivity (Wildman–Crippen MR) is 74.8 cm³/mol. The Kier molecular flexibility index (Phi) is 4.37. The fraction of sp³-hybridized carbons (Fsp3) is 0.533. The van der Waals surface area contributed by atoms with E-state index in [4.69, 9.17) is 0 Å². The van der Waals surface area contributed by atoms with Crippen molar-refractivity contribution >= 4 is 11.6 Å². The fourth-order valence-electron chi connectivity index (χ4n) is 2.27. The number of hydrogen-bond acceptors (Lipinski definition) is 2. The van der Waals surface area contributed by atoms with Crippen LogP contribution in [0.1, 0.15) is 38.2 Å². The van der Waals surface area contributed by atoms with E-state index in [-0.39, 0.29) is 11.8 Å². The quantitative estimate of drug-likeness (QED) is 0.861. The van der Waals surface area contributed by atoms with Gasteiger partial charge in [0, 0.05) is 12.2 Å². The lowest BCUT2D eigenvalue weighted by molar-refractivity contribution is -0.120. The molecule has 1 aliphatic heterocycles. The lowest BCUT2D eigenvalue weighted by Crippen LogP contribution is -2.37. The van der Waals surface area contributed by atoms with Crippen LogP contribution in [0.4, 0.5) is 5.69 Å². The molecule has 0 aliphatic carbocycles. The summed E-state index contributed by atoms with van der Waals surface area (Å²) in [5, 5.41) is 6.26. The third-order valence-electron chi connectivity index (χ3n) is 3.51. The number of nitrogens with one attached hydrogen (secondary N) is 2. The molecule has 0 bridgehead atoms. The number of carbonyl (C=O) groups is 1. The van der Waals surface area contributed by atoms with E-state index in [9.17, 15) is 4.79 Å². The van der Waals surface area contributed by atoms with Crippen molar-refractivity contribution in [1.82, 2.24) is 5.32 Å². The summed E-state index contributed by atoms with van der Waals surface area (Å²) in [6.45, 7) is 6.17. The van der Waals surface area contributed by atoms with E-state index in [0.29, 0.717) is 5.92 Å². The van der Waals surface area contributed by atoms with E-state index in [2.05, 4.69) is 36.6 Å². The minimum atomic E-state index is 0.114. The highest BCUT2D eigenvalue weighted by Crippen LogP contribution is 2.18. The van der Waals surface area contributed by atoms with E-state index in [1.54, 1.807) is 0 Å². The van der Waals surface area contributed by atoms with Gasteiger partial charge >= 0.3 is 0 Å². The summed E-state index contributed by atoms with van der Waals surface area (Å²) in [6, 6.07) is 8.14. The molecule has 1 atom stereocenters. The Labute approximate surface area is 109 Å². The van der Waals surface area contributed by atoms with Crippen LogP contribution in [0.5, 0.6) is 0 Å². The molecular formula is C15H22N2O. The third kappa shape index (κ3) is 3.33. The third-order valence-corrected chi connectivity index (χ3v) is 3.51. The second-order valence-electron chi connectivity index (χ2n) is 5.31. The van der Waals surface area contributed by atoms with Crippen LogP contribution in [0.15, 0.2) is 24.3 Å². The van der Waals surface area contributed by atoms with Crippen LogP contribution in [0.3, 0.4) is 0 Å². The van der Waals surface area contributed by atoms with Gasteiger partial charge in [-0.25, -0.2) is 0 Å². The Balaban J connectivity index is 1.94. The van der Waals surface area contributed by atoms with Crippen molar-refractivity contribution in [3.8, 4) is 0 Å². The summed E-state index contributed by atoms with van der Waals surface area (Å²) >= 11 is 0. The summed E-state index contributed by atoms with van der Waals surface area (Å²) in [5.74, 6) is 0.778. The van der Waals surface area contributed by atoms with E-state index >= 15 is 0 Å². The molecule has 1 aromatic carbocycles. The maximum absolute atomic E-state index is 12.0. The minimum Gasteiger partial charge on any atom is -0.326 e. The van der Waals surface area contributed by atoms with Gasteiger partial charge in [-0.05, 0) is 43.0 Å². The molecule has 18 heavy (non-hydrogen) atoms. The number of rotatable bonds is 3. The van der Waals surface area contributed by atoms with E-state index in [1.165, 1.54) is 5.56 Å². The molecule has 2 rings (SSSR count). The number of hydrogen-bond donors (Lipinski definition) is 2. The van der Waals surface area contributed by atoms with Crippen molar-refractivity contribution in [3.63, 3.8) is 0 Å². The lowest BCUT2D eigenvalue weighted by Gasteiger charge is -2.22. The Morgan fingerprint density at radius 2 is 2.06 bits per heavy atom. The van der Waals surface area contributed by atoms with Gasteiger partial charge in [0.2, 0.25) is 5.91 Å². The van der Waals surface area contributed by atoms with E-state index < -0.39 is 0 Å². The molecule has 1 amide bonds. The van der Waals surface area contributed by atoms with Gasteiger partial charge in [0.15, 0.2) is 0 Å². The molecule has 3 nitrogen and oxygen atoms in total. The summed E-state index contributed by atoms with van der Waals surface area (Å²) in [4.78, 5) is 12.0. The molecule has 0 saturated carbocycles. The molecule has 1 fully saturated rings. The van der Waals surface area contributed by atoms with Crippen molar-refractivity contribution < 1.29 is 4.79 Å². The lowest BCUT2D eigenvalue weighted by atomic mass is 9.98. The highest BCUT2D eigenvalue weighted by molar-refractivity contribution is 5.92. The molecule has 1 heterocycles. The first-order chi connectivity index (χ1) is 8.66. The standard InChI is InChI=1S/C15H22N2O/c1-11(2)12-5-7-14(8-6-12)17-15(18)13-4-3-9-16-10-13/h5-8,11,13,16H,3-4,9-10H2,1-2H3,(H,17,18). The Hall–Kier alpha value is -1.35. The maximum atomic E-state index is 12.0. The first-order valence-corrected chi connectivity index (χ1v) is 6.78. The van der Waals surface area contributed by atoms with Gasteiger partial charge in [0.1, 0.15) is 0 Å². The largest absolute Gasteiger partial charge is 0.326 e. The van der Waals surface area contributed by atoms with Crippen LogP contribution in [0.25, 0.3) is 0 Å². The highest BCUT2D eigenvalue weighted by Gasteiger charge is 2.20. The van der Waals surface area contributed by atoms with Crippen molar-refractivity contribution in [3.05, 3.63) is 29.8 Å². The SMILES string of the molecule is CC(C)c1ccc(NC(=O)C2CCCNC2)cc1. The molecule has 2 N–H and O–H groups in total. The molecular weight excluding hydrogens is 224 g/mol. The molecule has 1 unspecified atom stereocenters. The molecule has 1 saturated heterocycles. The fourth-order valence-corrected chi connectivity index (χ4v) is 2.27.